The van der Waals surface area contributed by atoms with Gasteiger partial charge in [-0.2, -0.15) is 4.31 Å². The number of carbonyl (C=O) groups excluding carboxylic acids is 1. The highest BCUT2D eigenvalue weighted by atomic mass is 32.2. The summed E-state index contributed by atoms with van der Waals surface area (Å²) in [5, 5.41) is 2.74. The molecular formula is C22H28N2O5S. The van der Waals surface area contributed by atoms with Crippen molar-refractivity contribution >= 4 is 21.6 Å². The van der Waals surface area contributed by atoms with Crippen LogP contribution in [0.5, 0.6) is 11.5 Å². The van der Waals surface area contributed by atoms with Gasteiger partial charge in [0.2, 0.25) is 10.0 Å². The summed E-state index contributed by atoms with van der Waals surface area (Å²) in [6.07, 6.45) is 3.08. The molecule has 162 valence electrons. The van der Waals surface area contributed by atoms with Gasteiger partial charge in [0.15, 0.2) is 6.10 Å². The zero-order valence-electron chi connectivity index (χ0n) is 17.3. The molecule has 1 N–H and O–H groups in total. The third-order valence-electron chi connectivity index (χ3n) is 5.05. The molecule has 1 atom stereocenters. The van der Waals surface area contributed by atoms with Crippen molar-refractivity contribution in [3.05, 3.63) is 48.5 Å². The zero-order chi connectivity index (χ0) is 21.6. The first kappa shape index (κ1) is 22.1. The number of rotatable bonds is 7. The van der Waals surface area contributed by atoms with Crippen LogP contribution >= 0.6 is 0 Å². The third kappa shape index (κ3) is 5.52. The van der Waals surface area contributed by atoms with Gasteiger partial charge < -0.3 is 14.8 Å². The van der Waals surface area contributed by atoms with Crippen LogP contribution in [-0.4, -0.2) is 44.9 Å². The molecule has 0 bridgehead atoms. The summed E-state index contributed by atoms with van der Waals surface area (Å²) in [5.41, 5.74) is 0.418. The molecule has 7 nitrogen and oxygen atoms in total. The first-order valence-electron chi connectivity index (χ1n) is 10.1. The largest absolute Gasteiger partial charge is 0.497 e. The Hall–Kier alpha value is -2.58. The summed E-state index contributed by atoms with van der Waals surface area (Å²) >= 11 is 0. The van der Waals surface area contributed by atoms with Crippen molar-refractivity contribution in [1.82, 2.24) is 4.31 Å². The number of sulfonamides is 1. The fraction of sp³-hybridized carbons (Fsp3) is 0.409. The van der Waals surface area contributed by atoms with Crippen LogP contribution in [0.1, 0.15) is 32.6 Å². The molecule has 1 fully saturated rings. The molecule has 0 radical (unpaired) electrons. The lowest BCUT2D eigenvalue weighted by Gasteiger charge is -2.20. The molecule has 2 aromatic rings. The maximum atomic E-state index is 13.0. The van der Waals surface area contributed by atoms with E-state index < -0.39 is 16.1 Å². The minimum absolute atomic E-state index is 0.186. The van der Waals surface area contributed by atoms with Gasteiger partial charge in [0.25, 0.3) is 5.91 Å². The second-order valence-electron chi connectivity index (χ2n) is 7.27. The number of nitrogens with one attached hydrogen (secondary N) is 1. The third-order valence-corrected chi connectivity index (χ3v) is 6.94. The van der Waals surface area contributed by atoms with E-state index in [9.17, 15) is 13.2 Å². The summed E-state index contributed by atoms with van der Waals surface area (Å²) in [7, 11) is -2.00. The van der Waals surface area contributed by atoms with Crippen LogP contribution < -0.4 is 14.8 Å². The Morgan fingerprint density at radius 3 is 2.27 bits per heavy atom. The van der Waals surface area contributed by atoms with E-state index >= 15 is 0 Å². The van der Waals surface area contributed by atoms with Gasteiger partial charge in [-0.15, -0.1) is 0 Å². The number of carbonyl (C=O) groups is 1. The topological polar surface area (TPSA) is 84.9 Å². The van der Waals surface area contributed by atoms with Crippen LogP contribution in [-0.2, 0) is 14.8 Å². The van der Waals surface area contributed by atoms with Gasteiger partial charge in [-0.3, -0.25) is 4.79 Å². The Morgan fingerprint density at radius 2 is 1.63 bits per heavy atom. The molecule has 8 heteroatoms. The SMILES string of the molecule is COc1ccc(O[C@@H](C)C(=O)Nc2cccc(S(=O)(=O)N3CCCCCC3)c2)cc1. The molecule has 0 aromatic heterocycles. The average Bonchev–Trinajstić information content (AvgIpc) is 3.04. The average molecular weight is 433 g/mol. The highest BCUT2D eigenvalue weighted by molar-refractivity contribution is 7.89. The summed E-state index contributed by atoms with van der Waals surface area (Å²) < 4.78 is 38.3. The molecule has 2 aromatic carbocycles. The van der Waals surface area contributed by atoms with Crippen LogP contribution in [0.2, 0.25) is 0 Å². The monoisotopic (exact) mass is 432 g/mol. The number of nitrogens with zero attached hydrogens (tertiary/aromatic N) is 1. The predicted octanol–water partition coefficient (Wildman–Crippen LogP) is 3.67. The van der Waals surface area contributed by atoms with E-state index in [2.05, 4.69) is 5.32 Å². The first-order chi connectivity index (χ1) is 14.4. The maximum absolute atomic E-state index is 13.0. The Labute approximate surface area is 178 Å². The molecule has 3 rings (SSSR count). The van der Waals surface area contributed by atoms with Crippen molar-refractivity contribution in [2.45, 2.75) is 43.6 Å². The molecule has 0 unspecified atom stereocenters. The molecule has 0 spiro atoms. The smallest absolute Gasteiger partial charge is 0.265 e. The fourth-order valence-electron chi connectivity index (χ4n) is 3.32. The minimum atomic E-state index is -3.58. The van der Waals surface area contributed by atoms with Crippen LogP contribution in [0.3, 0.4) is 0 Å². The van der Waals surface area contributed by atoms with Crippen LogP contribution in [0.4, 0.5) is 5.69 Å². The number of benzene rings is 2. The second-order valence-corrected chi connectivity index (χ2v) is 9.21. The van der Waals surface area contributed by atoms with E-state index in [1.54, 1.807) is 56.5 Å². The van der Waals surface area contributed by atoms with Gasteiger partial charge in [-0.1, -0.05) is 18.9 Å². The van der Waals surface area contributed by atoms with Gasteiger partial charge in [-0.25, -0.2) is 8.42 Å². The second kappa shape index (κ2) is 9.95. The van der Waals surface area contributed by atoms with Crippen molar-refractivity contribution in [2.75, 3.05) is 25.5 Å². The van der Waals surface area contributed by atoms with Gasteiger partial charge in [0.1, 0.15) is 11.5 Å². The molecule has 1 aliphatic heterocycles. The Kier molecular flexibility index (Phi) is 7.33. The van der Waals surface area contributed by atoms with Crippen LogP contribution in [0.25, 0.3) is 0 Å². The van der Waals surface area contributed by atoms with E-state index in [0.717, 1.165) is 25.7 Å². The van der Waals surface area contributed by atoms with E-state index in [1.165, 1.54) is 10.4 Å². The summed E-state index contributed by atoms with van der Waals surface area (Å²) in [6, 6.07) is 13.3. The Bertz CT molecular complexity index is 952. The van der Waals surface area contributed by atoms with E-state index in [1.807, 2.05) is 0 Å². The van der Waals surface area contributed by atoms with Gasteiger partial charge >= 0.3 is 0 Å². The van der Waals surface area contributed by atoms with Crippen molar-refractivity contribution in [2.24, 2.45) is 0 Å². The number of ether oxygens (including phenoxy) is 2. The lowest BCUT2D eigenvalue weighted by molar-refractivity contribution is -0.122. The lowest BCUT2D eigenvalue weighted by atomic mass is 10.2. The molecular weight excluding hydrogens is 404 g/mol. The van der Waals surface area contributed by atoms with Crippen molar-refractivity contribution in [3.63, 3.8) is 0 Å². The molecule has 0 saturated carbocycles. The van der Waals surface area contributed by atoms with Crippen LogP contribution in [0.15, 0.2) is 53.4 Å². The standard InChI is InChI=1S/C22H28N2O5S/c1-17(29-20-12-10-19(28-2)11-13-20)22(25)23-18-8-7-9-21(16-18)30(26,27)24-14-5-3-4-6-15-24/h7-13,16-17H,3-6,14-15H2,1-2H3,(H,23,25)/t17-/m0/s1. The number of hydrogen-bond donors (Lipinski definition) is 1. The molecule has 0 aliphatic carbocycles. The van der Waals surface area contributed by atoms with Crippen molar-refractivity contribution in [1.29, 1.82) is 0 Å². The first-order valence-corrected chi connectivity index (χ1v) is 11.6. The lowest BCUT2D eigenvalue weighted by Crippen LogP contribution is -2.32. The fourth-order valence-corrected chi connectivity index (χ4v) is 4.88. The quantitative estimate of drug-likeness (QED) is 0.722. The Morgan fingerprint density at radius 1 is 1.00 bits per heavy atom. The van der Waals surface area contributed by atoms with Gasteiger partial charge in [-0.05, 0) is 62.2 Å². The predicted molar refractivity (Wildman–Crippen MR) is 115 cm³/mol. The van der Waals surface area contributed by atoms with Crippen molar-refractivity contribution in [3.8, 4) is 11.5 Å². The normalized spacial score (nSPS) is 16.3. The Balaban J connectivity index is 1.66. The van der Waals surface area contributed by atoms with Crippen LogP contribution in [0, 0.1) is 0 Å². The number of hydrogen-bond acceptors (Lipinski definition) is 5. The highest BCUT2D eigenvalue weighted by Gasteiger charge is 2.25. The van der Waals surface area contributed by atoms with E-state index in [0.29, 0.717) is 30.3 Å². The van der Waals surface area contributed by atoms with E-state index in [4.69, 9.17) is 9.47 Å². The molecule has 1 aliphatic rings. The summed E-state index contributed by atoms with van der Waals surface area (Å²) in [4.78, 5) is 12.7. The summed E-state index contributed by atoms with van der Waals surface area (Å²) in [6.45, 7) is 2.70. The highest BCUT2D eigenvalue weighted by Crippen LogP contribution is 2.23. The van der Waals surface area contributed by atoms with E-state index in [-0.39, 0.29) is 10.8 Å². The number of anilines is 1. The molecule has 1 heterocycles. The maximum Gasteiger partial charge on any atom is 0.265 e. The number of amides is 1. The van der Waals surface area contributed by atoms with Gasteiger partial charge in [0.05, 0.1) is 12.0 Å². The molecule has 1 saturated heterocycles. The van der Waals surface area contributed by atoms with Gasteiger partial charge in [0, 0.05) is 18.8 Å². The molecule has 30 heavy (non-hydrogen) atoms. The minimum Gasteiger partial charge on any atom is -0.497 e. The van der Waals surface area contributed by atoms with Crippen molar-refractivity contribution < 1.29 is 22.7 Å². The number of methoxy groups -OCH3 is 1. The summed E-state index contributed by atoms with van der Waals surface area (Å²) in [5.74, 6) is 0.868. The zero-order valence-corrected chi connectivity index (χ0v) is 18.2. The molecule has 1 amide bonds.